The van der Waals surface area contributed by atoms with Gasteiger partial charge in [-0.25, -0.2) is 8.78 Å². The van der Waals surface area contributed by atoms with Crippen LogP contribution in [-0.4, -0.2) is 38.4 Å². The Morgan fingerprint density at radius 2 is 1.78 bits per heavy atom. The fourth-order valence-corrected chi connectivity index (χ4v) is 4.93. The molecule has 36 heavy (non-hydrogen) atoms. The van der Waals surface area contributed by atoms with Gasteiger partial charge in [0, 0.05) is 28.2 Å². The van der Waals surface area contributed by atoms with Gasteiger partial charge in [-0.15, -0.1) is 0 Å². The number of benzene rings is 3. The van der Waals surface area contributed by atoms with E-state index in [1.165, 1.54) is 11.0 Å². The monoisotopic (exact) mass is 512 g/mol. The van der Waals surface area contributed by atoms with Gasteiger partial charge < -0.3 is 15.0 Å². The van der Waals surface area contributed by atoms with Gasteiger partial charge in [0.25, 0.3) is 5.91 Å². The summed E-state index contributed by atoms with van der Waals surface area (Å²) in [7, 11) is 1.57. The van der Waals surface area contributed by atoms with E-state index in [0.717, 1.165) is 17.7 Å². The molecule has 1 N–H and O–H groups in total. The Morgan fingerprint density at radius 1 is 1.08 bits per heavy atom. The molecule has 0 saturated carbocycles. The Bertz CT molecular complexity index is 1260. The van der Waals surface area contributed by atoms with Crippen molar-refractivity contribution in [3.05, 3.63) is 94.0 Å². The second kappa shape index (κ2) is 10.8. The fraction of sp³-hybridized carbons (Fsp3) is 0.286. The molecule has 188 valence electrons. The summed E-state index contributed by atoms with van der Waals surface area (Å²) in [5.41, 5.74) is 0.950. The van der Waals surface area contributed by atoms with E-state index in [-0.39, 0.29) is 18.9 Å². The van der Waals surface area contributed by atoms with Gasteiger partial charge in [-0.05, 0) is 79.5 Å². The molecule has 0 saturated heterocycles. The highest BCUT2D eigenvalue weighted by molar-refractivity contribution is 6.30. The lowest BCUT2D eigenvalue weighted by Crippen LogP contribution is -2.39. The molecular weight excluding hydrogens is 486 g/mol. The van der Waals surface area contributed by atoms with Crippen LogP contribution in [0.5, 0.6) is 5.75 Å². The standard InChI is InChI=1S/C28H27ClF2N2O3/c1-3-28(13-14-32-16-25(34)18-7-10-20(36-2)11-8-18)17-33(24-12-9-19(29)15-21(24)28)27(35)26-22(30)5-4-6-23(26)31/h4-12,15,32H,3,13-14,16-17H2,1-2H3. The van der Waals surface area contributed by atoms with Gasteiger partial charge in [0.1, 0.15) is 22.9 Å². The molecule has 0 aromatic heterocycles. The van der Waals surface area contributed by atoms with Crippen LogP contribution in [0, 0.1) is 11.6 Å². The number of ketones is 1. The number of nitrogens with zero attached hydrogens (tertiary/aromatic N) is 1. The third-order valence-electron chi connectivity index (χ3n) is 6.86. The van der Waals surface area contributed by atoms with Crippen LogP contribution in [0.3, 0.4) is 0 Å². The zero-order chi connectivity index (χ0) is 25.9. The second-order valence-corrected chi connectivity index (χ2v) is 9.30. The minimum Gasteiger partial charge on any atom is -0.497 e. The van der Waals surface area contributed by atoms with Crippen molar-refractivity contribution in [2.45, 2.75) is 25.2 Å². The summed E-state index contributed by atoms with van der Waals surface area (Å²) >= 11 is 6.30. The number of nitrogens with one attached hydrogen (secondary N) is 1. The van der Waals surface area contributed by atoms with Crippen LogP contribution in [0.4, 0.5) is 14.5 Å². The number of hydrogen-bond acceptors (Lipinski definition) is 4. The van der Waals surface area contributed by atoms with E-state index in [9.17, 15) is 18.4 Å². The number of fused-ring (bicyclic) bond motifs is 1. The van der Waals surface area contributed by atoms with E-state index < -0.39 is 28.5 Å². The van der Waals surface area contributed by atoms with Gasteiger partial charge in [0.15, 0.2) is 5.78 Å². The number of amides is 1. The minimum absolute atomic E-state index is 0.0510. The largest absolute Gasteiger partial charge is 0.497 e. The average molecular weight is 513 g/mol. The van der Waals surface area contributed by atoms with E-state index in [4.69, 9.17) is 16.3 Å². The molecule has 1 unspecified atom stereocenters. The molecule has 1 heterocycles. The quantitative estimate of drug-likeness (QED) is 0.291. The van der Waals surface area contributed by atoms with Crippen LogP contribution in [0.1, 0.15) is 46.0 Å². The van der Waals surface area contributed by atoms with Gasteiger partial charge in [-0.2, -0.15) is 0 Å². The Labute approximate surface area is 214 Å². The van der Waals surface area contributed by atoms with Crippen LogP contribution in [0.25, 0.3) is 0 Å². The number of rotatable bonds is 9. The molecule has 5 nitrogen and oxygen atoms in total. The summed E-state index contributed by atoms with van der Waals surface area (Å²) in [4.78, 5) is 27.3. The summed E-state index contributed by atoms with van der Waals surface area (Å²) in [5, 5.41) is 3.71. The van der Waals surface area contributed by atoms with Gasteiger partial charge in [0.2, 0.25) is 0 Å². The smallest absolute Gasteiger partial charge is 0.264 e. The van der Waals surface area contributed by atoms with Crippen molar-refractivity contribution >= 4 is 29.0 Å². The number of ether oxygens (including phenoxy) is 1. The van der Waals surface area contributed by atoms with Crippen LogP contribution in [-0.2, 0) is 5.41 Å². The van der Waals surface area contributed by atoms with Crippen molar-refractivity contribution in [2.75, 3.05) is 31.6 Å². The zero-order valence-electron chi connectivity index (χ0n) is 20.1. The molecule has 4 rings (SSSR count). The Kier molecular flexibility index (Phi) is 7.71. The van der Waals surface area contributed by atoms with Crippen molar-refractivity contribution in [2.24, 2.45) is 0 Å². The van der Waals surface area contributed by atoms with Gasteiger partial charge in [-0.3, -0.25) is 9.59 Å². The first-order chi connectivity index (χ1) is 17.3. The SMILES string of the molecule is CCC1(CCNCC(=O)c2ccc(OC)cc2)CN(C(=O)c2c(F)cccc2F)c2ccc(Cl)cc21. The molecule has 0 radical (unpaired) electrons. The fourth-order valence-electron chi connectivity index (χ4n) is 4.76. The normalized spacial score (nSPS) is 16.6. The van der Waals surface area contributed by atoms with Gasteiger partial charge in [-0.1, -0.05) is 24.6 Å². The molecule has 3 aromatic carbocycles. The van der Waals surface area contributed by atoms with Crippen molar-refractivity contribution in [1.29, 1.82) is 0 Å². The highest BCUT2D eigenvalue weighted by Crippen LogP contribution is 2.46. The summed E-state index contributed by atoms with van der Waals surface area (Å²) < 4.78 is 34.0. The number of Topliss-reactive ketones (excluding diaryl/α,β-unsaturated/α-hetero) is 1. The first-order valence-corrected chi connectivity index (χ1v) is 12.1. The Morgan fingerprint density at radius 3 is 2.42 bits per heavy atom. The third kappa shape index (κ3) is 4.99. The number of halogens is 3. The predicted molar refractivity (Wildman–Crippen MR) is 136 cm³/mol. The molecule has 8 heteroatoms. The molecular formula is C28H27ClF2N2O3. The van der Waals surface area contributed by atoms with Crippen LogP contribution in [0.15, 0.2) is 60.7 Å². The lowest BCUT2D eigenvalue weighted by molar-refractivity contribution is 0.0974. The Hall–Kier alpha value is -3.29. The molecule has 0 spiro atoms. The van der Waals surface area contributed by atoms with Crippen LogP contribution < -0.4 is 15.0 Å². The number of anilines is 1. The first kappa shape index (κ1) is 25.8. The maximum Gasteiger partial charge on any atom is 0.264 e. The van der Waals surface area contributed by atoms with Crippen LogP contribution in [0.2, 0.25) is 5.02 Å². The first-order valence-electron chi connectivity index (χ1n) is 11.7. The topological polar surface area (TPSA) is 58.6 Å². The summed E-state index contributed by atoms with van der Waals surface area (Å²) in [6, 6.07) is 15.5. The highest BCUT2D eigenvalue weighted by Gasteiger charge is 2.44. The van der Waals surface area contributed by atoms with E-state index in [2.05, 4.69) is 5.32 Å². The van der Waals surface area contributed by atoms with Crippen molar-refractivity contribution < 1.29 is 23.1 Å². The lowest BCUT2D eigenvalue weighted by atomic mass is 9.77. The van der Waals surface area contributed by atoms with Crippen LogP contribution >= 0.6 is 11.6 Å². The molecule has 1 aliphatic heterocycles. The molecule has 1 amide bonds. The zero-order valence-corrected chi connectivity index (χ0v) is 20.9. The number of carbonyl (C=O) groups excluding carboxylic acids is 2. The molecule has 0 bridgehead atoms. The molecule has 0 fully saturated rings. The van der Waals surface area contributed by atoms with Crippen molar-refractivity contribution in [3.63, 3.8) is 0 Å². The van der Waals surface area contributed by atoms with Crippen molar-refractivity contribution in [3.8, 4) is 5.75 Å². The van der Waals surface area contributed by atoms with Gasteiger partial charge >= 0.3 is 0 Å². The van der Waals surface area contributed by atoms with E-state index >= 15 is 0 Å². The number of hydrogen-bond donors (Lipinski definition) is 1. The van der Waals surface area contributed by atoms with E-state index in [1.807, 2.05) is 13.0 Å². The number of methoxy groups -OCH3 is 1. The van der Waals surface area contributed by atoms with Crippen molar-refractivity contribution in [1.82, 2.24) is 5.32 Å². The van der Waals surface area contributed by atoms with E-state index in [1.54, 1.807) is 43.5 Å². The average Bonchev–Trinajstić information content (AvgIpc) is 3.20. The minimum atomic E-state index is -0.900. The molecule has 1 atom stereocenters. The summed E-state index contributed by atoms with van der Waals surface area (Å²) in [5.74, 6) is -1.90. The van der Waals surface area contributed by atoms with Gasteiger partial charge in [0.05, 0.1) is 13.7 Å². The predicted octanol–water partition coefficient (Wildman–Crippen LogP) is 5.80. The highest BCUT2D eigenvalue weighted by atomic mass is 35.5. The summed E-state index contributed by atoms with van der Waals surface area (Å²) in [6.45, 7) is 2.90. The summed E-state index contributed by atoms with van der Waals surface area (Å²) in [6.07, 6.45) is 1.26. The second-order valence-electron chi connectivity index (χ2n) is 8.86. The Balaban J connectivity index is 1.51. The molecule has 0 aliphatic carbocycles. The molecule has 1 aliphatic rings. The molecule has 3 aromatic rings. The maximum absolute atomic E-state index is 14.4. The lowest BCUT2D eigenvalue weighted by Gasteiger charge is -2.29. The number of carbonyl (C=O) groups is 2. The van der Waals surface area contributed by atoms with E-state index in [0.29, 0.717) is 41.4 Å². The third-order valence-corrected chi connectivity index (χ3v) is 7.09. The maximum atomic E-state index is 14.4.